The first-order valence-electron chi connectivity index (χ1n) is 15.3. The Labute approximate surface area is 249 Å². The SMILES string of the molecule is COc1ccc(C2CCC(C(NC(=O)C3CCCCC3)c3cccc(-c4cnc(C(C)(C)C)s4)c3)CC2O)cc1C. The van der Waals surface area contributed by atoms with Gasteiger partial charge in [0.05, 0.1) is 29.1 Å². The fraction of sp³-hybridized carbons (Fsp3) is 0.543. The van der Waals surface area contributed by atoms with Crippen molar-refractivity contribution >= 4 is 17.2 Å². The lowest BCUT2D eigenvalue weighted by atomic mass is 9.72. The third-order valence-corrected chi connectivity index (χ3v) is 10.6. The molecule has 220 valence electrons. The van der Waals surface area contributed by atoms with E-state index in [1.807, 2.05) is 12.3 Å². The predicted molar refractivity (Wildman–Crippen MR) is 168 cm³/mol. The van der Waals surface area contributed by atoms with Gasteiger partial charge in [0.15, 0.2) is 0 Å². The van der Waals surface area contributed by atoms with E-state index >= 15 is 0 Å². The molecule has 6 heteroatoms. The summed E-state index contributed by atoms with van der Waals surface area (Å²) in [7, 11) is 1.69. The molecule has 41 heavy (non-hydrogen) atoms. The highest BCUT2D eigenvalue weighted by atomic mass is 32.1. The molecule has 0 bridgehead atoms. The molecular weight excluding hydrogens is 528 g/mol. The summed E-state index contributed by atoms with van der Waals surface area (Å²) in [6.07, 6.45) is 9.43. The molecule has 1 aromatic heterocycles. The number of aryl methyl sites for hydroxylation is 1. The first-order valence-corrected chi connectivity index (χ1v) is 16.2. The van der Waals surface area contributed by atoms with Crippen LogP contribution in [-0.4, -0.2) is 29.2 Å². The summed E-state index contributed by atoms with van der Waals surface area (Å²) < 4.78 is 5.45. The van der Waals surface area contributed by atoms with Gasteiger partial charge in [-0.3, -0.25) is 4.79 Å². The maximum absolute atomic E-state index is 13.6. The molecule has 4 atom stereocenters. The molecule has 2 fully saturated rings. The standard InChI is InChI=1S/C35H46N2O3S/c1-22-18-24(15-17-30(22)40-5)28-16-14-27(20-29(28)38)32(37-33(39)23-10-7-6-8-11-23)26-13-9-12-25(19-26)31-21-36-34(41-31)35(2,3)4/h9,12-13,15,17-19,21,23,27-29,32,38H,6-8,10-11,14,16,20H2,1-5H3,(H,37,39). The Morgan fingerprint density at radius 3 is 2.51 bits per heavy atom. The third kappa shape index (κ3) is 6.86. The Kier molecular flexibility index (Phi) is 9.20. The van der Waals surface area contributed by atoms with Gasteiger partial charge in [0.1, 0.15) is 5.75 Å². The molecule has 0 spiro atoms. The lowest BCUT2D eigenvalue weighted by Gasteiger charge is -2.38. The van der Waals surface area contributed by atoms with Gasteiger partial charge in [0.25, 0.3) is 0 Å². The van der Waals surface area contributed by atoms with Gasteiger partial charge in [-0.25, -0.2) is 4.98 Å². The van der Waals surface area contributed by atoms with Gasteiger partial charge in [0.2, 0.25) is 5.91 Å². The average Bonchev–Trinajstić information content (AvgIpc) is 3.48. The molecular formula is C35H46N2O3S. The zero-order valence-corrected chi connectivity index (χ0v) is 26.1. The number of aromatic nitrogens is 1. The molecule has 2 aliphatic carbocycles. The molecule has 2 aliphatic rings. The van der Waals surface area contributed by atoms with Crippen molar-refractivity contribution in [2.45, 2.75) is 103 Å². The van der Waals surface area contributed by atoms with Gasteiger partial charge in [-0.05, 0) is 79.3 Å². The smallest absolute Gasteiger partial charge is 0.223 e. The van der Waals surface area contributed by atoms with Crippen molar-refractivity contribution in [1.29, 1.82) is 0 Å². The summed E-state index contributed by atoms with van der Waals surface area (Å²) in [6, 6.07) is 14.7. The van der Waals surface area contributed by atoms with E-state index in [-0.39, 0.29) is 35.1 Å². The van der Waals surface area contributed by atoms with E-state index in [1.165, 1.54) is 12.0 Å². The number of hydrogen-bond donors (Lipinski definition) is 2. The number of nitrogens with one attached hydrogen (secondary N) is 1. The van der Waals surface area contributed by atoms with Gasteiger partial charge in [0, 0.05) is 23.4 Å². The van der Waals surface area contributed by atoms with E-state index in [0.29, 0.717) is 6.42 Å². The van der Waals surface area contributed by atoms with Gasteiger partial charge >= 0.3 is 0 Å². The number of hydrogen-bond acceptors (Lipinski definition) is 5. The number of ether oxygens (including phenoxy) is 1. The summed E-state index contributed by atoms with van der Waals surface area (Å²) in [4.78, 5) is 19.4. The molecule has 0 aliphatic heterocycles. The highest BCUT2D eigenvalue weighted by Crippen LogP contribution is 2.43. The molecule has 1 heterocycles. The normalized spacial score (nSPS) is 22.7. The Balaban J connectivity index is 1.40. The van der Waals surface area contributed by atoms with Crippen LogP contribution < -0.4 is 10.1 Å². The van der Waals surface area contributed by atoms with Crippen molar-refractivity contribution in [3.63, 3.8) is 0 Å². The van der Waals surface area contributed by atoms with E-state index < -0.39 is 6.10 Å². The zero-order valence-electron chi connectivity index (χ0n) is 25.3. The zero-order chi connectivity index (χ0) is 29.1. The molecule has 4 unspecified atom stereocenters. The van der Waals surface area contributed by atoms with E-state index in [2.05, 4.69) is 69.4 Å². The lowest BCUT2D eigenvalue weighted by Crippen LogP contribution is -2.41. The van der Waals surface area contributed by atoms with E-state index in [0.717, 1.165) is 70.8 Å². The topological polar surface area (TPSA) is 71.5 Å². The maximum Gasteiger partial charge on any atom is 0.223 e. The Bertz CT molecular complexity index is 1340. The third-order valence-electron chi connectivity index (χ3n) is 9.13. The first kappa shape index (κ1) is 29.8. The first-order chi connectivity index (χ1) is 19.6. The van der Waals surface area contributed by atoms with Gasteiger partial charge in [-0.1, -0.05) is 70.4 Å². The van der Waals surface area contributed by atoms with Crippen LogP contribution in [0.1, 0.15) is 106 Å². The summed E-state index contributed by atoms with van der Waals surface area (Å²) >= 11 is 1.74. The number of carbonyl (C=O) groups excluding carboxylic acids is 1. The molecule has 1 amide bonds. The van der Waals surface area contributed by atoms with Crippen molar-refractivity contribution in [2.24, 2.45) is 11.8 Å². The van der Waals surface area contributed by atoms with Crippen LogP contribution in [0.4, 0.5) is 0 Å². The maximum atomic E-state index is 13.6. The molecule has 5 rings (SSSR count). The minimum atomic E-state index is -0.463. The lowest BCUT2D eigenvalue weighted by molar-refractivity contribution is -0.127. The largest absolute Gasteiger partial charge is 0.496 e. The molecule has 0 saturated heterocycles. The fourth-order valence-electron chi connectivity index (χ4n) is 6.75. The highest BCUT2D eigenvalue weighted by Gasteiger charge is 2.36. The molecule has 2 aromatic carbocycles. The number of benzene rings is 2. The number of aliphatic hydroxyl groups is 1. The predicted octanol–water partition coefficient (Wildman–Crippen LogP) is 8.11. The van der Waals surface area contributed by atoms with Gasteiger partial charge in [-0.2, -0.15) is 0 Å². The number of carbonyl (C=O) groups is 1. The van der Waals surface area contributed by atoms with Crippen molar-refractivity contribution in [3.8, 4) is 16.2 Å². The molecule has 2 N–H and O–H groups in total. The Morgan fingerprint density at radius 1 is 1.07 bits per heavy atom. The summed E-state index contributed by atoms with van der Waals surface area (Å²) in [5, 5.41) is 16.1. The van der Waals surface area contributed by atoms with Gasteiger partial charge < -0.3 is 15.2 Å². The minimum absolute atomic E-state index is 0.00817. The average molecular weight is 575 g/mol. The molecule has 3 aromatic rings. The van der Waals surface area contributed by atoms with Crippen LogP contribution in [0, 0.1) is 18.8 Å². The van der Waals surface area contributed by atoms with Crippen LogP contribution >= 0.6 is 11.3 Å². The Hall–Kier alpha value is -2.70. The summed E-state index contributed by atoms with van der Waals surface area (Å²) in [6.45, 7) is 8.63. The number of rotatable bonds is 7. The van der Waals surface area contributed by atoms with Crippen LogP contribution in [-0.2, 0) is 10.2 Å². The minimum Gasteiger partial charge on any atom is -0.496 e. The highest BCUT2D eigenvalue weighted by molar-refractivity contribution is 7.15. The summed E-state index contributed by atoms with van der Waals surface area (Å²) in [5.41, 5.74) is 4.52. The Morgan fingerprint density at radius 2 is 1.85 bits per heavy atom. The van der Waals surface area contributed by atoms with E-state index in [4.69, 9.17) is 9.72 Å². The molecule has 0 radical (unpaired) electrons. The van der Waals surface area contributed by atoms with Crippen molar-refractivity contribution in [1.82, 2.24) is 10.3 Å². The second-order valence-electron chi connectivity index (χ2n) is 13.2. The second kappa shape index (κ2) is 12.7. The van der Waals surface area contributed by atoms with E-state index in [1.54, 1.807) is 18.4 Å². The van der Waals surface area contributed by atoms with Crippen molar-refractivity contribution in [2.75, 3.05) is 7.11 Å². The number of nitrogens with zero attached hydrogens (tertiary/aromatic N) is 1. The number of aliphatic hydroxyl groups excluding tert-OH is 1. The monoisotopic (exact) mass is 574 g/mol. The van der Waals surface area contributed by atoms with Crippen LogP contribution in [0.5, 0.6) is 5.75 Å². The number of thiazole rings is 1. The van der Waals surface area contributed by atoms with Crippen molar-refractivity contribution in [3.05, 3.63) is 70.4 Å². The molecule has 2 saturated carbocycles. The van der Waals surface area contributed by atoms with Crippen LogP contribution in [0.3, 0.4) is 0 Å². The number of methoxy groups -OCH3 is 1. The van der Waals surface area contributed by atoms with Gasteiger partial charge in [-0.15, -0.1) is 11.3 Å². The van der Waals surface area contributed by atoms with Crippen LogP contribution in [0.15, 0.2) is 48.7 Å². The van der Waals surface area contributed by atoms with E-state index in [9.17, 15) is 9.90 Å². The molecule has 5 nitrogen and oxygen atoms in total. The second-order valence-corrected chi connectivity index (χ2v) is 14.2. The van der Waals surface area contributed by atoms with Crippen LogP contribution in [0.25, 0.3) is 10.4 Å². The summed E-state index contributed by atoms with van der Waals surface area (Å²) in [5.74, 6) is 1.39. The quantitative estimate of drug-likeness (QED) is 0.299. The number of amides is 1. The van der Waals surface area contributed by atoms with Crippen molar-refractivity contribution < 1.29 is 14.6 Å². The van der Waals surface area contributed by atoms with Crippen LogP contribution in [0.2, 0.25) is 0 Å². The fourth-order valence-corrected chi connectivity index (χ4v) is 7.72.